The Balaban J connectivity index is 0.000000157. The number of amidine groups is 1. The number of fused-ring (bicyclic) bond motifs is 2. The molecule has 0 saturated heterocycles. The van der Waals surface area contributed by atoms with E-state index in [1.165, 1.54) is 22.7 Å². The van der Waals surface area contributed by atoms with Crippen molar-refractivity contribution in [3.05, 3.63) is 141 Å². The van der Waals surface area contributed by atoms with Gasteiger partial charge in [0, 0.05) is 22.1 Å². The first-order chi connectivity index (χ1) is 24.3. The van der Waals surface area contributed by atoms with Crippen LogP contribution in [-0.4, -0.2) is 30.4 Å². The van der Waals surface area contributed by atoms with Gasteiger partial charge in [-0.1, -0.05) is 64.8 Å². The van der Waals surface area contributed by atoms with Gasteiger partial charge in [-0.25, -0.2) is 0 Å². The number of para-hydroxylation sites is 2. The molecule has 0 fully saturated rings. The van der Waals surface area contributed by atoms with E-state index < -0.39 is 0 Å². The fraction of sp³-hybridized carbons (Fsp3) is 0. The van der Waals surface area contributed by atoms with Gasteiger partial charge >= 0.3 is 0 Å². The van der Waals surface area contributed by atoms with Crippen LogP contribution in [-0.2, 0) is 0 Å². The summed E-state index contributed by atoms with van der Waals surface area (Å²) in [6.45, 7) is 0. The first-order valence-corrected chi connectivity index (χ1v) is 17.4. The number of aromatic hydroxyl groups is 2. The normalized spacial score (nSPS) is 11.4. The van der Waals surface area contributed by atoms with Crippen molar-refractivity contribution in [2.45, 2.75) is 0 Å². The number of oxime groups is 1. The molecule has 4 aromatic carbocycles. The maximum Gasteiger partial charge on any atom is 0.172 e. The van der Waals surface area contributed by atoms with Crippen molar-refractivity contribution >= 4 is 73.5 Å². The number of hydrogen-bond donors (Lipinski definition) is 4. The lowest BCUT2D eigenvalue weighted by Gasteiger charge is -2.11. The Morgan fingerprint density at radius 1 is 0.640 bits per heavy atom. The largest absolute Gasteiger partial charge is 0.508 e. The number of rotatable bonds is 5. The monoisotopic (exact) mass is 733 g/mol. The number of hydrogen-bond acceptors (Lipinski definition) is 7. The molecule has 0 aliphatic carbocycles. The van der Waals surface area contributed by atoms with E-state index in [2.05, 4.69) is 11.2 Å². The molecule has 5 N–H and O–H groups in total. The molecule has 246 valence electrons. The van der Waals surface area contributed by atoms with E-state index in [1.807, 2.05) is 106 Å². The number of nitriles is 1. The highest BCUT2D eigenvalue weighted by Gasteiger charge is 2.24. The van der Waals surface area contributed by atoms with Crippen molar-refractivity contribution in [3.8, 4) is 50.1 Å². The number of nitrogens with two attached hydrogens (primary N) is 1. The molecule has 0 saturated carbocycles. The van der Waals surface area contributed by atoms with Crippen LogP contribution in [0.1, 0.15) is 11.1 Å². The maximum atomic E-state index is 9.76. The van der Waals surface area contributed by atoms with E-state index in [0.29, 0.717) is 19.8 Å². The smallest absolute Gasteiger partial charge is 0.172 e. The zero-order valence-corrected chi connectivity index (χ0v) is 29.0. The standard InChI is InChI=1S/C19H14ClN3O2S.C19H11ClN2OS/c20-16-10-9-15(26-16)18-17(19(21)22-25)13-3-1-2-4-14(13)23(18)11-5-7-12(24)8-6-11;20-18-10-9-17(24-18)19-15(11-21)14-3-1-2-4-16(14)22(19)12-5-7-13(23)8-6-12/h1-10,24-25H,(H2,21,22);1-10,23H. The second kappa shape index (κ2) is 13.7. The van der Waals surface area contributed by atoms with Crippen molar-refractivity contribution in [2.24, 2.45) is 10.9 Å². The molecule has 12 heteroatoms. The van der Waals surface area contributed by atoms with Crippen molar-refractivity contribution in [2.75, 3.05) is 0 Å². The zero-order valence-electron chi connectivity index (χ0n) is 25.8. The zero-order chi connectivity index (χ0) is 34.9. The molecule has 50 heavy (non-hydrogen) atoms. The van der Waals surface area contributed by atoms with Crippen LogP contribution in [0.4, 0.5) is 0 Å². The number of halogens is 2. The summed E-state index contributed by atoms with van der Waals surface area (Å²) in [7, 11) is 0. The van der Waals surface area contributed by atoms with Crippen LogP contribution in [0.5, 0.6) is 11.5 Å². The van der Waals surface area contributed by atoms with Crippen LogP contribution in [0.2, 0.25) is 8.67 Å². The van der Waals surface area contributed by atoms with Crippen LogP contribution < -0.4 is 5.73 Å². The van der Waals surface area contributed by atoms with E-state index in [4.69, 9.17) is 28.9 Å². The lowest BCUT2D eigenvalue weighted by atomic mass is 10.1. The fourth-order valence-corrected chi connectivity index (χ4v) is 8.16. The van der Waals surface area contributed by atoms with Gasteiger partial charge < -0.3 is 30.3 Å². The average molecular weight is 735 g/mol. The van der Waals surface area contributed by atoms with Gasteiger partial charge in [-0.3, -0.25) is 0 Å². The Labute approximate surface area is 304 Å². The van der Waals surface area contributed by atoms with Gasteiger partial charge in [-0.15, -0.1) is 22.7 Å². The molecular weight excluding hydrogens is 709 g/mol. The molecule has 0 amide bonds. The molecule has 4 aromatic heterocycles. The number of aromatic nitrogens is 2. The van der Waals surface area contributed by atoms with Gasteiger partial charge in [0.1, 0.15) is 17.6 Å². The number of thiophene rings is 2. The molecule has 0 bridgehead atoms. The number of nitrogens with zero attached hydrogens (tertiary/aromatic N) is 4. The highest BCUT2D eigenvalue weighted by molar-refractivity contribution is 7.19. The first kappa shape index (κ1) is 32.8. The van der Waals surface area contributed by atoms with Crippen LogP contribution in [0.25, 0.3) is 54.3 Å². The highest BCUT2D eigenvalue weighted by Crippen LogP contribution is 2.42. The Kier molecular flexibility index (Phi) is 8.97. The van der Waals surface area contributed by atoms with Gasteiger partial charge in [0.15, 0.2) is 5.84 Å². The molecular formula is C38H25Cl2N5O3S2. The predicted octanol–water partition coefficient (Wildman–Crippen LogP) is 10.4. The summed E-state index contributed by atoms with van der Waals surface area (Å²) in [5.41, 5.74) is 12.5. The summed E-state index contributed by atoms with van der Waals surface area (Å²) < 4.78 is 5.38. The minimum Gasteiger partial charge on any atom is -0.508 e. The topological polar surface area (TPSA) is 133 Å². The second-order valence-electron chi connectivity index (χ2n) is 11.0. The van der Waals surface area contributed by atoms with Crippen LogP contribution >= 0.6 is 45.9 Å². The lowest BCUT2D eigenvalue weighted by molar-refractivity contribution is 0.318. The lowest BCUT2D eigenvalue weighted by Crippen LogP contribution is -2.14. The fourth-order valence-electron chi connectivity index (χ4n) is 5.99. The molecule has 0 spiro atoms. The minimum atomic E-state index is 0.0262. The van der Waals surface area contributed by atoms with E-state index >= 15 is 0 Å². The summed E-state index contributed by atoms with van der Waals surface area (Å²) in [6, 6.07) is 39.2. The molecule has 0 aliphatic rings. The van der Waals surface area contributed by atoms with Gasteiger partial charge in [0.25, 0.3) is 0 Å². The molecule has 0 radical (unpaired) electrons. The maximum absolute atomic E-state index is 9.76. The summed E-state index contributed by atoms with van der Waals surface area (Å²) in [5, 5.41) is 43.3. The van der Waals surface area contributed by atoms with E-state index in [-0.39, 0.29) is 17.3 Å². The SMILES string of the molecule is N#Cc1c(-c2ccc(Cl)s2)n(-c2ccc(O)cc2)c2ccccc12.N/C(=N\O)c1c(-c2ccc(Cl)s2)n(-c2ccc(O)cc2)c2ccccc12. The third kappa shape index (κ3) is 5.93. The average Bonchev–Trinajstić information content (AvgIpc) is 3.92. The minimum absolute atomic E-state index is 0.0262. The molecule has 0 aliphatic heterocycles. The molecule has 8 rings (SSSR count). The number of benzene rings is 4. The van der Waals surface area contributed by atoms with Crippen molar-refractivity contribution in [3.63, 3.8) is 0 Å². The molecule has 0 unspecified atom stereocenters. The Hall–Kier alpha value is -5.70. The van der Waals surface area contributed by atoms with Crippen LogP contribution in [0.15, 0.2) is 126 Å². The molecule has 8 nitrogen and oxygen atoms in total. The van der Waals surface area contributed by atoms with E-state index in [1.54, 1.807) is 24.3 Å². The highest BCUT2D eigenvalue weighted by atomic mass is 35.5. The van der Waals surface area contributed by atoms with Crippen LogP contribution in [0, 0.1) is 11.3 Å². The van der Waals surface area contributed by atoms with Crippen LogP contribution in [0.3, 0.4) is 0 Å². The first-order valence-electron chi connectivity index (χ1n) is 15.0. The van der Waals surface area contributed by atoms with Gasteiger partial charge in [-0.2, -0.15) is 5.26 Å². The van der Waals surface area contributed by atoms with Gasteiger partial charge in [0.2, 0.25) is 0 Å². The van der Waals surface area contributed by atoms with Gasteiger partial charge in [0.05, 0.1) is 52.0 Å². The summed E-state index contributed by atoms with van der Waals surface area (Å²) >= 11 is 15.1. The quantitative estimate of drug-likeness (QED) is 0.0605. The summed E-state index contributed by atoms with van der Waals surface area (Å²) in [4.78, 5) is 1.82. The third-order valence-corrected chi connectivity index (χ3v) is 10.5. The van der Waals surface area contributed by atoms with Crippen molar-refractivity contribution in [1.82, 2.24) is 9.13 Å². The van der Waals surface area contributed by atoms with E-state index in [9.17, 15) is 20.7 Å². The molecule has 0 atom stereocenters. The van der Waals surface area contributed by atoms with E-state index in [0.717, 1.165) is 54.3 Å². The van der Waals surface area contributed by atoms with Gasteiger partial charge in [-0.05, 0) is 84.9 Å². The third-order valence-electron chi connectivity index (χ3n) is 8.05. The summed E-state index contributed by atoms with van der Waals surface area (Å²) in [5.74, 6) is 0.414. The second-order valence-corrected chi connectivity index (χ2v) is 14.4. The molecule has 8 aromatic rings. The number of phenols is 2. The predicted molar refractivity (Wildman–Crippen MR) is 204 cm³/mol. The Bertz CT molecular complexity index is 2580. The Morgan fingerprint density at radius 3 is 1.58 bits per heavy atom. The van der Waals surface area contributed by atoms with Crippen molar-refractivity contribution in [1.29, 1.82) is 5.26 Å². The summed E-state index contributed by atoms with van der Waals surface area (Å²) in [6.07, 6.45) is 0. The van der Waals surface area contributed by atoms with Crippen molar-refractivity contribution < 1.29 is 15.4 Å². The Morgan fingerprint density at radius 2 is 1.10 bits per heavy atom. The number of phenolic OH excluding ortho intramolecular Hbond substituents is 2. The molecule has 4 heterocycles.